The van der Waals surface area contributed by atoms with Crippen LogP contribution in [0.1, 0.15) is 71.8 Å². The number of fused-ring (bicyclic) bond motifs is 1. The molecule has 5 nitrogen and oxygen atoms in total. The molecule has 2 aromatic heterocycles. The molecule has 1 aromatic carbocycles. The van der Waals surface area contributed by atoms with E-state index in [1.54, 1.807) is 16.2 Å². The molecular weight excluding hydrogens is 488 g/mol. The lowest BCUT2D eigenvalue weighted by atomic mass is 10.00. The summed E-state index contributed by atoms with van der Waals surface area (Å²) >= 11 is 3.16. The second kappa shape index (κ2) is 12.1. The molecule has 3 heterocycles. The van der Waals surface area contributed by atoms with Crippen LogP contribution >= 0.6 is 22.7 Å². The van der Waals surface area contributed by atoms with Crippen molar-refractivity contribution < 1.29 is 14.3 Å². The first-order valence-corrected chi connectivity index (χ1v) is 14.5. The molecule has 1 unspecified atom stereocenters. The Hall–Kier alpha value is -2.64. The predicted octanol–water partition coefficient (Wildman–Crippen LogP) is 6.63. The summed E-state index contributed by atoms with van der Waals surface area (Å²) in [5.74, 6) is 1.63. The highest BCUT2D eigenvalue weighted by Gasteiger charge is 2.33. The van der Waals surface area contributed by atoms with Gasteiger partial charge in [-0.3, -0.25) is 9.59 Å². The lowest BCUT2D eigenvalue weighted by Crippen LogP contribution is -2.48. The quantitative estimate of drug-likeness (QED) is 0.299. The van der Waals surface area contributed by atoms with Gasteiger partial charge in [0.25, 0.3) is 5.91 Å². The number of rotatable bonds is 10. The second-order valence-electron chi connectivity index (χ2n) is 10.1. The number of amides is 2. The van der Waals surface area contributed by atoms with Gasteiger partial charge in [0.05, 0.1) is 10.9 Å². The molecule has 3 aromatic rings. The Morgan fingerprint density at radius 2 is 1.83 bits per heavy atom. The van der Waals surface area contributed by atoms with E-state index in [9.17, 15) is 9.59 Å². The molecule has 0 N–H and O–H groups in total. The molecule has 7 heteroatoms. The van der Waals surface area contributed by atoms with Crippen LogP contribution in [0.25, 0.3) is 0 Å². The number of ether oxygens (including phenoxy) is 1. The van der Waals surface area contributed by atoms with Crippen LogP contribution < -0.4 is 4.74 Å². The average molecular weight is 525 g/mol. The van der Waals surface area contributed by atoms with Crippen molar-refractivity contribution in [2.75, 3.05) is 26.2 Å². The summed E-state index contributed by atoms with van der Waals surface area (Å²) in [7, 11) is 0. The van der Waals surface area contributed by atoms with Crippen molar-refractivity contribution in [3.8, 4) is 5.75 Å². The molecule has 1 atom stereocenters. The summed E-state index contributed by atoms with van der Waals surface area (Å²) in [5.41, 5.74) is 2.44. The highest BCUT2D eigenvalue weighted by molar-refractivity contribution is 7.12. The molecule has 0 saturated heterocycles. The van der Waals surface area contributed by atoms with E-state index >= 15 is 0 Å². The Morgan fingerprint density at radius 1 is 1.06 bits per heavy atom. The normalized spacial score (nSPS) is 15.3. The maximum atomic E-state index is 13.7. The van der Waals surface area contributed by atoms with Crippen molar-refractivity contribution in [2.24, 2.45) is 5.92 Å². The standard InChI is InChI=1S/C29H36N2O3S2/c1-20(2)11-14-30(29(33)27-6-5-16-35-27)18-28(32)31-15-12-26-24(13-17-36-26)25(31)19-34-23-9-7-22(8-10-23)21(3)4/h5-10,13,16-17,20-21,25H,11-12,14-15,18-19H2,1-4H3. The molecular formula is C29H36N2O3S2. The summed E-state index contributed by atoms with van der Waals surface area (Å²) in [6.45, 7) is 10.3. The van der Waals surface area contributed by atoms with E-state index in [1.807, 2.05) is 34.5 Å². The minimum Gasteiger partial charge on any atom is -0.491 e. The smallest absolute Gasteiger partial charge is 0.264 e. The lowest BCUT2D eigenvalue weighted by molar-refractivity contribution is -0.135. The zero-order chi connectivity index (χ0) is 25.7. The molecule has 0 aliphatic carbocycles. The van der Waals surface area contributed by atoms with Crippen LogP contribution in [-0.2, 0) is 11.2 Å². The minimum absolute atomic E-state index is 0.0238. The summed E-state index contributed by atoms with van der Waals surface area (Å²) in [6.07, 6.45) is 1.70. The third-order valence-electron chi connectivity index (χ3n) is 6.69. The number of hydrogen-bond acceptors (Lipinski definition) is 5. The van der Waals surface area contributed by atoms with Gasteiger partial charge in [0, 0.05) is 18.0 Å². The van der Waals surface area contributed by atoms with Crippen LogP contribution in [0.15, 0.2) is 53.2 Å². The van der Waals surface area contributed by atoms with Crippen molar-refractivity contribution in [3.63, 3.8) is 0 Å². The first-order valence-electron chi connectivity index (χ1n) is 12.7. The summed E-state index contributed by atoms with van der Waals surface area (Å²) in [6, 6.07) is 13.9. The minimum atomic E-state index is -0.166. The van der Waals surface area contributed by atoms with Gasteiger partial charge in [-0.15, -0.1) is 22.7 Å². The molecule has 0 fully saturated rings. The molecule has 4 rings (SSSR count). The van der Waals surface area contributed by atoms with Crippen LogP contribution in [0.2, 0.25) is 0 Å². The Morgan fingerprint density at radius 3 is 2.50 bits per heavy atom. The second-order valence-corrected chi connectivity index (χ2v) is 12.0. The van der Waals surface area contributed by atoms with Gasteiger partial charge < -0.3 is 14.5 Å². The molecule has 0 spiro atoms. The molecule has 1 aliphatic heterocycles. The highest BCUT2D eigenvalue weighted by atomic mass is 32.1. The average Bonchev–Trinajstić information content (AvgIpc) is 3.57. The van der Waals surface area contributed by atoms with Gasteiger partial charge in [0.1, 0.15) is 18.9 Å². The monoisotopic (exact) mass is 524 g/mol. The number of hydrogen-bond donors (Lipinski definition) is 0. The lowest BCUT2D eigenvalue weighted by Gasteiger charge is -2.37. The van der Waals surface area contributed by atoms with E-state index in [4.69, 9.17) is 4.74 Å². The number of nitrogens with zero attached hydrogens (tertiary/aromatic N) is 2. The van der Waals surface area contributed by atoms with E-state index in [0.717, 1.165) is 24.2 Å². The number of benzene rings is 1. The fourth-order valence-electron chi connectivity index (χ4n) is 4.48. The van der Waals surface area contributed by atoms with Crippen LogP contribution in [0.3, 0.4) is 0 Å². The molecule has 36 heavy (non-hydrogen) atoms. The van der Waals surface area contributed by atoms with Gasteiger partial charge in [0.15, 0.2) is 0 Å². The van der Waals surface area contributed by atoms with Crippen LogP contribution in [-0.4, -0.2) is 47.9 Å². The topological polar surface area (TPSA) is 49.9 Å². The van der Waals surface area contributed by atoms with E-state index < -0.39 is 0 Å². The molecule has 192 valence electrons. The first kappa shape index (κ1) is 26.4. The van der Waals surface area contributed by atoms with Gasteiger partial charge in [-0.25, -0.2) is 0 Å². The van der Waals surface area contributed by atoms with Crippen molar-refractivity contribution in [1.82, 2.24) is 9.80 Å². The zero-order valence-electron chi connectivity index (χ0n) is 21.6. The van der Waals surface area contributed by atoms with E-state index in [-0.39, 0.29) is 24.4 Å². The van der Waals surface area contributed by atoms with Gasteiger partial charge in [-0.05, 0) is 70.8 Å². The SMILES string of the molecule is CC(C)CCN(CC(=O)N1CCc2sccc2C1COc1ccc(C(C)C)cc1)C(=O)c1cccs1. The molecule has 2 amide bonds. The Labute approximate surface area is 222 Å². The maximum Gasteiger partial charge on any atom is 0.264 e. The first-order chi connectivity index (χ1) is 17.3. The molecule has 1 aliphatic rings. The van der Waals surface area contributed by atoms with Crippen LogP contribution in [0.5, 0.6) is 5.75 Å². The summed E-state index contributed by atoms with van der Waals surface area (Å²) < 4.78 is 6.21. The van der Waals surface area contributed by atoms with E-state index in [0.29, 0.717) is 36.4 Å². The Balaban J connectivity index is 1.50. The Kier molecular flexibility index (Phi) is 8.86. The Bertz CT molecular complexity index is 1140. The number of carbonyl (C=O) groups excluding carboxylic acids is 2. The van der Waals surface area contributed by atoms with Gasteiger partial charge in [0.2, 0.25) is 5.91 Å². The third-order valence-corrected chi connectivity index (χ3v) is 8.55. The summed E-state index contributed by atoms with van der Waals surface area (Å²) in [5, 5.41) is 4.00. The third kappa shape index (κ3) is 6.37. The maximum absolute atomic E-state index is 13.7. The van der Waals surface area contributed by atoms with E-state index in [1.165, 1.54) is 21.8 Å². The van der Waals surface area contributed by atoms with Gasteiger partial charge in [-0.1, -0.05) is 45.9 Å². The molecule has 0 saturated carbocycles. The van der Waals surface area contributed by atoms with Crippen molar-refractivity contribution >= 4 is 34.5 Å². The fourth-order valence-corrected chi connectivity index (χ4v) is 6.09. The van der Waals surface area contributed by atoms with Crippen molar-refractivity contribution in [1.29, 1.82) is 0 Å². The zero-order valence-corrected chi connectivity index (χ0v) is 23.2. The fraction of sp³-hybridized carbons (Fsp3) is 0.448. The van der Waals surface area contributed by atoms with Crippen LogP contribution in [0, 0.1) is 5.92 Å². The highest BCUT2D eigenvalue weighted by Crippen LogP contribution is 2.34. The summed E-state index contributed by atoms with van der Waals surface area (Å²) in [4.78, 5) is 32.5. The number of carbonyl (C=O) groups is 2. The molecule has 0 radical (unpaired) electrons. The van der Waals surface area contributed by atoms with E-state index in [2.05, 4.69) is 51.3 Å². The van der Waals surface area contributed by atoms with Gasteiger partial charge in [-0.2, -0.15) is 0 Å². The largest absolute Gasteiger partial charge is 0.491 e. The van der Waals surface area contributed by atoms with Gasteiger partial charge >= 0.3 is 0 Å². The van der Waals surface area contributed by atoms with Crippen molar-refractivity contribution in [3.05, 3.63) is 74.1 Å². The predicted molar refractivity (Wildman–Crippen MR) is 148 cm³/mol. The number of thiophene rings is 2. The van der Waals surface area contributed by atoms with Crippen LogP contribution in [0.4, 0.5) is 0 Å². The van der Waals surface area contributed by atoms with Crippen molar-refractivity contribution in [2.45, 2.75) is 52.5 Å². The molecule has 0 bridgehead atoms.